The van der Waals surface area contributed by atoms with Crippen LogP contribution in [0.1, 0.15) is 57.1 Å². The highest BCUT2D eigenvalue weighted by Crippen LogP contribution is 2.42. The van der Waals surface area contributed by atoms with Crippen LogP contribution in [-0.4, -0.2) is 32.3 Å². The van der Waals surface area contributed by atoms with Crippen molar-refractivity contribution in [3.05, 3.63) is 35.4 Å². The van der Waals surface area contributed by atoms with Crippen LogP contribution in [0.15, 0.2) is 29.3 Å². The molecule has 5 heteroatoms. The van der Waals surface area contributed by atoms with E-state index in [1.165, 1.54) is 24.0 Å². The van der Waals surface area contributed by atoms with Crippen LogP contribution in [0.2, 0.25) is 0 Å². The first-order valence-corrected chi connectivity index (χ1v) is 8.75. The monoisotopic (exact) mass is 445 g/mol. The zero-order chi connectivity index (χ0) is 16.7. The van der Waals surface area contributed by atoms with E-state index < -0.39 is 0 Å². The van der Waals surface area contributed by atoms with Gasteiger partial charge in [0.2, 0.25) is 0 Å². The Kier molecular flexibility index (Phi) is 9.05. The average molecular weight is 445 g/mol. The fourth-order valence-corrected chi connectivity index (χ4v) is 3.28. The average Bonchev–Trinajstić information content (AvgIpc) is 2.54. The molecular weight excluding hydrogens is 413 g/mol. The number of aliphatic imine (C=N–C) groups is 1. The van der Waals surface area contributed by atoms with Gasteiger partial charge in [-0.3, -0.25) is 4.99 Å². The van der Waals surface area contributed by atoms with Crippen LogP contribution >= 0.6 is 24.0 Å². The second kappa shape index (κ2) is 10.2. The number of hydrogen-bond acceptors (Lipinski definition) is 2. The summed E-state index contributed by atoms with van der Waals surface area (Å²) in [5, 5.41) is 3.17. The Morgan fingerprint density at radius 2 is 2.12 bits per heavy atom. The number of nitrogens with one attached hydrogen (secondary N) is 1. The molecule has 1 aliphatic carbocycles. The molecule has 24 heavy (non-hydrogen) atoms. The molecule has 1 atom stereocenters. The van der Waals surface area contributed by atoms with Crippen molar-refractivity contribution in [2.45, 2.75) is 51.4 Å². The Balaban J connectivity index is 0.00000288. The third-order valence-electron chi connectivity index (χ3n) is 4.71. The van der Waals surface area contributed by atoms with Crippen molar-refractivity contribution < 1.29 is 4.74 Å². The number of guanidine groups is 1. The summed E-state index contributed by atoms with van der Waals surface area (Å²) in [5.74, 6) is 1.02. The van der Waals surface area contributed by atoms with Crippen molar-refractivity contribution in [3.8, 4) is 0 Å². The van der Waals surface area contributed by atoms with Gasteiger partial charge in [-0.25, -0.2) is 0 Å². The standard InChI is InChI=1S/C19H31N3O.HI/c1-4-23-13-7-12-21-18(20)22-14-15-10-11-19(2,3)17-9-6-5-8-16(15)17;/h5-6,8-9,15H,4,7,10-14H2,1-3H3,(H3,20,21,22);1H. The molecule has 0 heterocycles. The number of nitrogens with zero attached hydrogens (tertiary/aromatic N) is 1. The molecule has 1 aromatic rings. The van der Waals surface area contributed by atoms with Crippen molar-refractivity contribution in [2.75, 3.05) is 26.3 Å². The lowest BCUT2D eigenvalue weighted by Gasteiger charge is -2.36. The summed E-state index contributed by atoms with van der Waals surface area (Å²) in [6, 6.07) is 8.79. The van der Waals surface area contributed by atoms with Gasteiger partial charge in [-0.15, -0.1) is 24.0 Å². The highest BCUT2D eigenvalue weighted by atomic mass is 127. The van der Waals surface area contributed by atoms with Crippen LogP contribution in [0.5, 0.6) is 0 Å². The molecule has 0 saturated heterocycles. The van der Waals surface area contributed by atoms with Gasteiger partial charge >= 0.3 is 0 Å². The molecule has 1 aliphatic rings. The molecule has 0 spiro atoms. The molecule has 0 fully saturated rings. The molecule has 1 unspecified atom stereocenters. The summed E-state index contributed by atoms with van der Waals surface area (Å²) in [6.45, 7) is 9.77. The number of fused-ring (bicyclic) bond motifs is 1. The van der Waals surface area contributed by atoms with Crippen LogP contribution in [0.3, 0.4) is 0 Å². The third-order valence-corrected chi connectivity index (χ3v) is 4.71. The van der Waals surface area contributed by atoms with Crippen molar-refractivity contribution in [3.63, 3.8) is 0 Å². The van der Waals surface area contributed by atoms with E-state index in [9.17, 15) is 0 Å². The predicted molar refractivity (Wildman–Crippen MR) is 112 cm³/mol. The number of halogens is 1. The molecule has 3 N–H and O–H groups in total. The van der Waals surface area contributed by atoms with Gasteiger partial charge in [-0.2, -0.15) is 0 Å². The van der Waals surface area contributed by atoms with Crippen LogP contribution in [0.4, 0.5) is 0 Å². The maximum absolute atomic E-state index is 5.98. The largest absolute Gasteiger partial charge is 0.382 e. The van der Waals surface area contributed by atoms with E-state index in [1.807, 2.05) is 6.92 Å². The SMILES string of the molecule is CCOCCCNC(N)=NCC1CCC(C)(C)c2ccccc21.I. The molecule has 2 rings (SSSR count). The lowest BCUT2D eigenvalue weighted by atomic mass is 9.69. The van der Waals surface area contributed by atoms with E-state index in [4.69, 9.17) is 10.5 Å². The minimum absolute atomic E-state index is 0. The van der Waals surface area contributed by atoms with Crippen LogP contribution in [0.25, 0.3) is 0 Å². The zero-order valence-electron chi connectivity index (χ0n) is 15.2. The van der Waals surface area contributed by atoms with Crippen molar-refractivity contribution >= 4 is 29.9 Å². The Bertz CT molecular complexity index is 531. The Hall–Kier alpha value is -0.820. The minimum atomic E-state index is 0. The van der Waals surface area contributed by atoms with E-state index in [1.54, 1.807) is 0 Å². The summed E-state index contributed by atoms with van der Waals surface area (Å²) in [7, 11) is 0. The molecule has 0 saturated carbocycles. The quantitative estimate of drug-likeness (QED) is 0.291. The molecular formula is C19H32IN3O. The van der Waals surface area contributed by atoms with Crippen molar-refractivity contribution in [1.82, 2.24) is 5.32 Å². The second-order valence-electron chi connectivity index (χ2n) is 6.91. The van der Waals surface area contributed by atoms with E-state index >= 15 is 0 Å². The minimum Gasteiger partial charge on any atom is -0.382 e. The number of rotatable bonds is 7. The smallest absolute Gasteiger partial charge is 0.188 e. The van der Waals surface area contributed by atoms with Crippen LogP contribution in [0, 0.1) is 0 Å². The molecule has 136 valence electrons. The van der Waals surface area contributed by atoms with Gasteiger partial charge in [0, 0.05) is 32.2 Å². The zero-order valence-corrected chi connectivity index (χ0v) is 17.5. The first-order chi connectivity index (χ1) is 11.0. The molecule has 0 aliphatic heterocycles. The number of nitrogens with two attached hydrogens (primary N) is 1. The van der Waals surface area contributed by atoms with Gasteiger partial charge < -0.3 is 15.8 Å². The van der Waals surface area contributed by atoms with Gasteiger partial charge in [0.15, 0.2) is 5.96 Å². The normalized spacial score (nSPS) is 19.3. The fourth-order valence-electron chi connectivity index (χ4n) is 3.28. The molecule has 0 radical (unpaired) electrons. The second-order valence-corrected chi connectivity index (χ2v) is 6.91. The maximum atomic E-state index is 5.98. The Morgan fingerprint density at radius 1 is 1.38 bits per heavy atom. The summed E-state index contributed by atoms with van der Waals surface area (Å²) in [6.07, 6.45) is 3.32. The first-order valence-electron chi connectivity index (χ1n) is 8.75. The van der Waals surface area contributed by atoms with Crippen molar-refractivity contribution in [1.29, 1.82) is 0 Å². The molecule has 1 aromatic carbocycles. The molecule has 0 bridgehead atoms. The molecule has 4 nitrogen and oxygen atoms in total. The summed E-state index contributed by atoms with van der Waals surface area (Å²) >= 11 is 0. The van der Waals surface area contributed by atoms with Crippen LogP contribution in [-0.2, 0) is 10.2 Å². The van der Waals surface area contributed by atoms with Gasteiger partial charge in [0.25, 0.3) is 0 Å². The summed E-state index contributed by atoms with van der Waals surface area (Å²) in [4.78, 5) is 4.55. The summed E-state index contributed by atoms with van der Waals surface area (Å²) < 4.78 is 5.31. The first kappa shape index (κ1) is 21.2. The van der Waals surface area contributed by atoms with Crippen molar-refractivity contribution in [2.24, 2.45) is 10.7 Å². The lowest BCUT2D eigenvalue weighted by molar-refractivity contribution is 0.145. The van der Waals surface area contributed by atoms with E-state index in [0.29, 0.717) is 11.9 Å². The van der Waals surface area contributed by atoms with Gasteiger partial charge in [-0.05, 0) is 42.7 Å². The van der Waals surface area contributed by atoms with Gasteiger partial charge in [0.05, 0.1) is 0 Å². The molecule has 0 aromatic heterocycles. The maximum Gasteiger partial charge on any atom is 0.188 e. The lowest BCUT2D eigenvalue weighted by Crippen LogP contribution is -2.34. The van der Waals surface area contributed by atoms with E-state index in [2.05, 4.69) is 48.4 Å². The molecule has 0 amide bonds. The van der Waals surface area contributed by atoms with E-state index in [0.717, 1.165) is 32.7 Å². The predicted octanol–water partition coefficient (Wildman–Crippen LogP) is 3.79. The third kappa shape index (κ3) is 5.92. The number of ether oxygens (including phenoxy) is 1. The number of benzene rings is 1. The number of hydrogen-bond donors (Lipinski definition) is 2. The topological polar surface area (TPSA) is 59.6 Å². The highest BCUT2D eigenvalue weighted by Gasteiger charge is 2.31. The van der Waals surface area contributed by atoms with Gasteiger partial charge in [0.1, 0.15) is 0 Å². The fraction of sp³-hybridized carbons (Fsp3) is 0.632. The Labute approximate surface area is 163 Å². The Morgan fingerprint density at radius 3 is 2.88 bits per heavy atom. The van der Waals surface area contributed by atoms with E-state index in [-0.39, 0.29) is 29.4 Å². The van der Waals surface area contributed by atoms with Crippen LogP contribution < -0.4 is 11.1 Å². The van der Waals surface area contributed by atoms with Gasteiger partial charge in [-0.1, -0.05) is 38.1 Å². The summed E-state index contributed by atoms with van der Waals surface area (Å²) in [5.41, 5.74) is 9.15. The highest BCUT2D eigenvalue weighted by molar-refractivity contribution is 14.0.